The van der Waals surface area contributed by atoms with Crippen molar-refractivity contribution in [2.24, 2.45) is 0 Å². The molecule has 0 aliphatic heterocycles. The number of carboxylic acid groups (broad SMARTS) is 1. The summed E-state index contributed by atoms with van der Waals surface area (Å²) in [7, 11) is 0. The first-order valence-electron chi connectivity index (χ1n) is 10.5. The Bertz CT molecular complexity index is 427. The molecule has 1 aromatic rings. The number of unbranched alkanes of at least 4 members (excludes halogenated alkanes) is 11. The van der Waals surface area contributed by atoms with E-state index in [1.165, 1.54) is 70.6 Å². The predicted molar refractivity (Wildman–Crippen MR) is 110 cm³/mol. The Hall–Kier alpha value is -1.58. The van der Waals surface area contributed by atoms with Gasteiger partial charge in [0.15, 0.2) is 0 Å². The first-order chi connectivity index (χ1) is 12.7. The lowest BCUT2D eigenvalue weighted by atomic mass is 10.1. The summed E-state index contributed by atoms with van der Waals surface area (Å²) in [5.74, 6) is 0.303. The van der Waals surface area contributed by atoms with Crippen LogP contribution in [-0.4, -0.2) is 21.0 Å². The molecule has 0 amide bonds. The minimum absolute atomic E-state index is 0.332. The van der Waals surface area contributed by atoms with E-state index in [-0.39, 0.29) is 0 Å². The van der Waals surface area contributed by atoms with Crippen molar-refractivity contribution in [1.82, 2.24) is 9.97 Å². The van der Waals surface area contributed by atoms with Gasteiger partial charge in [-0.2, -0.15) is 0 Å². The number of aliphatic carboxylic acids is 1. The van der Waals surface area contributed by atoms with Crippen molar-refractivity contribution < 1.29 is 9.90 Å². The standard InChI is InChI=1S/C18H34O2.C4H6N2/c1-2-3-4-5-6-7-8-9-10-11-12-13-14-15-16-17-18(19)20;1-4-5-2-3-6-4/h9-10H,2-8,11-17H2,1H3,(H,19,20);2-3H,1H3,(H,5,6). The molecule has 1 rings (SSSR count). The highest BCUT2D eigenvalue weighted by Crippen LogP contribution is 2.09. The topological polar surface area (TPSA) is 66.0 Å². The number of allylic oxidation sites excluding steroid dienone is 2. The van der Waals surface area contributed by atoms with Gasteiger partial charge in [-0.05, 0) is 39.0 Å². The number of hydrogen-bond acceptors (Lipinski definition) is 2. The van der Waals surface area contributed by atoms with E-state index in [0.717, 1.165) is 18.7 Å². The second kappa shape index (κ2) is 19.7. The maximum absolute atomic E-state index is 10.3. The summed E-state index contributed by atoms with van der Waals surface area (Å²) in [4.78, 5) is 17.1. The smallest absolute Gasteiger partial charge is 0.303 e. The van der Waals surface area contributed by atoms with Crippen molar-refractivity contribution in [3.8, 4) is 0 Å². The fourth-order valence-corrected chi connectivity index (χ4v) is 2.69. The first kappa shape index (κ1) is 24.4. The summed E-state index contributed by atoms with van der Waals surface area (Å²) in [5.41, 5.74) is 0. The molecule has 0 spiro atoms. The second-order valence-electron chi connectivity index (χ2n) is 6.90. The molecule has 0 aliphatic carbocycles. The zero-order valence-electron chi connectivity index (χ0n) is 17.0. The number of carbonyl (C=O) groups is 1. The molecule has 1 aromatic heterocycles. The molecule has 0 saturated heterocycles. The van der Waals surface area contributed by atoms with Crippen LogP contribution in [0.5, 0.6) is 0 Å². The van der Waals surface area contributed by atoms with Crippen LogP contribution in [0.2, 0.25) is 0 Å². The van der Waals surface area contributed by atoms with Crippen molar-refractivity contribution in [3.63, 3.8) is 0 Å². The van der Waals surface area contributed by atoms with E-state index in [1.807, 2.05) is 6.92 Å². The minimum atomic E-state index is -0.664. The summed E-state index contributed by atoms with van der Waals surface area (Å²) < 4.78 is 0. The van der Waals surface area contributed by atoms with Gasteiger partial charge in [-0.1, -0.05) is 70.4 Å². The molecule has 0 saturated carbocycles. The Labute approximate surface area is 160 Å². The van der Waals surface area contributed by atoms with E-state index in [0.29, 0.717) is 6.42 Å². The number of carboxylic acids is 1. The highest BCUT2D eigenvalue weighted by molar-refractivity contribution is 5.66. The Morgan fingerprint density at radius 3 is 1.92 bits per heavy atom. The van der Waals surface area contributed by atoms with Gasteiger partial charge < -0.3 is 10.1 Å². The van der Waals surface area contributed by atoms with Gasteiger partial charge in [0.05, 0.1) is 0 Å². The van der Waals surface area contributed by atoms with Crippen molar-refractivity contribution in [1.29, 1.82) is 0 Å². The molecule has 150 valence electrons. The zero-order chi connectivity index (χ0) is 19.3. The molecule has 0 atom stereocenters. The highest BCUT2D eigenvalue weighted by Gasteiger charge is 1.95. The molecule has 0 bridgehead atoms. The second-order valence-corrected chi connectivity index (χ2v) is 6.90. The molecule has 0 aliphatic rings. The van der Waals surface area contributed by atoms with Gasteiger partial charge in [-0.3, -0.25) is 4.79 Å². The Morgan fingerprint density at radius 2 is 1.50 bits per heavy atom. The molecule has 0 aromatic carbocycles. The van der Waals surface area contributed by atoms with Crippen LogP contribution in [0.4, 0.5) is 0 Å². The third kappa shape index (κ3) is 20.5. The quantitative estimate of drug-likeness (QED) is 0.265. The number of aromatic nitrogens is 2. The van der Waals surface area contributed by atoms with Crippen molar-refractivity contribution in [2.45, 2.75) is 104 Å². The average molecular weight is 365 g/mol. The number of hydrogen-bond donors (Lipinski definition) is 2. The van der Waals surface area contributed by atoms with Gasteiger partial charge in [0.1, 0.15) is 5.82 Å². The molecular weight excluding hydrogens is 324 g/mol. The SMILES string of the molecule is CCCCCCCCC=CCCCCCCCC(=O)O.Cc1ncc[nH]1. The number of H-pyrrole nitrogens is 1. The third-order valence-corrected chi connectivity index (χ3v) is 4.29. The van der Waals surface area contributed by atoms with Crippen molar-refractivity contribution in [3.05, 3.63) is 30.4 Å². The molecule has 1 heterocycles. The van der Waals surface area contributed by atoms with Gasteiger partial charge in [0.2, 0.25) is 0 Å². The lowest BCUT2D eigenvalue weighted by Gasteiger charge is -1.99. The lowest BCUT2D eigenvalue weighted by Crippen LogP contribution is -1.93. The minimum Gasteiger partial charge on any atom is -0.481 e. The fourth-order valence-electron chi connectivity index (χ4n) is 2.69. The fraction of sp³-hybridized carbons (Fsp3) is 0.727. The molecular formula is C22H40N2O2. The van der Waals surface area contributed by atoms with Gasteiger partial charge >= 0.3 is 5.97 Å². The molecule has 0 unspecified atom stereocenters. The summed E-state index contributed by atoms with van der Waals surface area (Å²) in [6.45, 7) is 4.18. The van der Waals surface area contributed by atoms with E-state index >= 15 is 0 Å². The third-order valence-electron chi connectivity index (χ3n) is 4.29. The Balaban J connectivity index is 0.000000867. The summed E-state index contributed by atoms with van der Waals surface area (Å²) in [6, 6.07) is 0. The van der Waals surface area contributed by atoms with Gasteiger partial charge in [-0.15, -0.1) is 0 Å². The maximum Gasteiger partial charge on any atom is 0.303 e. The number of aryl methyl sites for hydroxylation is 1. The van der Waals surface area contributed by atoms with E-state index in [1.54, 1.807) is 12.4 Å². The van der Waals surface area contributed by atoms with Gasteiger partial charge in [0.25, 0.3) is 0 Å². The Kier molecular flexibility index (Phi) is 18.5. The summed E-state index contributed by atoms with van der Waals surface area (Å²) in [6.07, 6.45) is 24.8. The number of rotatable bonds is 15. The molecule has 2 N–H and O–H groups in total. The summed E-state index contributed by atoms with van der Waals surface area (Å²) >= 11 is 0. The van der Waals surface area contributed by atoms with Crippen molar-refractivity contribution in [2.75, 3.05) is 0 Å². The number of nitrogens with zero attached hydrogens (tertiary/aromatic N) is 1. The molecule has 4 nitrogen and oxygen atoms in total. The van der Waals surface area contributed by atoms with Crippen LogP contribution in [0, 0.1) is 6.92 Å². The highest BCUT2D eigenvalue weighted by atomic mass is 16.4. The Morgan fingerprint density at radius 1 is 0.962 bits per heavy atom. The predicted octanol–water partition coefficient (Wildman–Crippen LogP) is 6.83. The van der Waals surface area contributed by atoms with Crippen LogP contribution >= 0.6 is 0 Å². The molecule has 0 fully saturated rings. The van der Waals surface area contributed by atoms with E-state index < -0.39 is 5.97 Å². The van der Waals surface area contributed by atoms with Crippen LogP contribution < -0.4 is 0 Å². The van der Waals surface area contributed by atoms with Gasteiger partial charge in [0, 0.05) is 18.8 Å². The molecule has 0 radical (unpaired) electrons. The lowest BCUT2D eigenvalue weighted by molar-refractivity contribution is -0.137. The van der Waals surface area contributed by atoms with Gasteiger partial charge in [-0.25, -0.2) is 4.98 Å². The van der Waals surface area contributed by atoms with Crippen LogP contribution in [0.15, 0.2) is 24.5 Å². The number of nitrogens with one attached hydrogen (secondary N) is 1. The van der Waals surface area contributed by atoms with E-state index in [9.17, 15) is 4.79 Å². The number of aromatic amines is 1. The zero-order valence-corrected chi connectivity index (χ0v) is 17.0. The van der Waals surface area contributed by atoms with Crippen LogP contribution in [0.25, 0.3) is 0 Å². The summed E-state index contributed by atoms with van der Waals surface area (Å²) in [5, 5.41) is 8.51. The van der Waals surface area contributed by atoms with Crippen LogP contribution in [0.3, 0.4) is 0 Å². The monoisotopic (exact) mass is 364 g/mol. The molecule has 4 heteroatoms. The molecule has 26 heavy (non-hydrogen) atoms. The van der Waals surface area contributed by atoms with Crippen molar-refractivity contribution >= 4 is 5.97 Å². The normalized spacial score (nSPS) is 10.7. The maximum atomic E-state index is 10.3. The largest absolute Gasteiger partial charge is 0.481 e. The first-order valence-corrected chi connectivity index (χ1v) is 10.5. The average Bonchev–Trinajstić information content (AvgIpc) is 3.09. The van der Waals surface area contributed by atoms with E-state index in [2.05, 4.69) is 29.0 Å². The number of imidazole rings is 1. The van der Waals surface area contributed by atoms with E-state index in [4.69, 9.17) is 5.11 Å². The van der Waals surface area contributed by atoms with Crippen LogP contribution in [-0.2, 0) is 4.79 Å². The van der Waals surface area contributed by atoms with Crippen LogP contribution in [0.1, 0.15) is 103 Å².